The van der Waals surface area contributed by atoms with E-state index in [1.54, 1.807) is 7.11 Å². The summed E-state index contributed by atoms with van der Waals surface area (Å²) >= 11 is 2.13. The van der Waals surface area contributed by atoms with Gasteiger partial charge in [-0.2, -0.15) is 11.8 Å². The van der Waals surface area contributed by atoms with Gasteiger partial charge in [0, 0.05) is 42.2 Å². The number of likely N-dealkylation sites (tertiary alicyclic amines) is 1. The molecule has 1 aliphatic carbocycles. The van der Waals surface area contributed by atoms with Gasteiger partial charge in [0.2, 0.25) is 0 Å². The zero-order valence-corrected chi connectivity index (χ0v) is 26.7. The minimum absolute atomic E-state index is 0.140. The molecule has 3 atom stereocenters. The van der Waals surface area contributed by atoms with Crippen LogP contribution in [-0.4, -0.2) is 82.9 Å². The molecule has 1 saturated carbocycles. The second-order valence-electron chi connectivity index (χ2n) is 12.4. The van der Waals surface area contributed by atoms with E-state index >= 15 is 0 Å². The van der Waals surface area contributed by atoms with Gasteiger partial charge in [-0.05, 0) is 100 Å². The number of carboxylic acid groups (broad SMARTS) is 2. The predicted molar refractivity (Wildman–Crippen MR) is 174 cm³/mol. The Labute approximate surface area is 261 Å². The van der Waals surface area contributed by atoms with E-state index in [4.69, 9.17) is 9.84 Å². The summed E-state index contributed by atoms with van der Waals surface area (Å²) in [5.74, 6) is 0.584. The van der Waals surface area contributed by atoms with Gasteiger partial charge in [0.05, 0.1) is 24.5 Å². The molecule has 1 aromatic carbocycles. The number of methoxy groups -OCH3 is 1. The molecule has 0 spiro atoms. The number of hydrogen-bond acceptors (Lipinski definition) is 7. The van der Waals surface area contributed by atoms with Crippen molar-refractivity contribution in [3.8, 4) is 5.75 Å². The summed E-state index contributed by atoms with van der Waals surface area (Å²) in [6, 6.07) is 8.09. The van der Waals surface area contributed by atoms with Gasteiger partial charge >= 0.3 is 11.9 Å². The molecule has 1 aromatic heterocycles. The fraction of sp³-hybridized carbons (Fsp3) is 0.676. The van der Waals surface area contributed by atoms with Crippen molar-refractivity contribution >= 4 is 34.6 Å². The molecule has 8 nitrogen and oxygen atoms in total. The molecule has 43 heavy (non-hydrogen) atoms. The van der Waals surface area contributed by atoms with E-state index in [0.717, 1.165) is 85.8 Å². The van der Waals surface area contributed by atoms with Crippen LogP contribution in [0.4, 0.5) is 0 Å². The van der Waals surface area contributed by atoms with E-state index in [2.05, 4.69) is 39.1 Å². The molecule has 1 unspecified atom stereocenters. The summed E-state index contributed by atoms with van der Waals surface area (Å²) in [5, 5.41) is 23.4. The third kappa shape index (κ3) is 10.6. The molecule has 3 aliphatic rings. The number of aryl methyl sites for hydroxylation is 1. The number of carbonyl (C=O) groups is 2. The van der Waals surface area contributed by atoms with Crippen molar-refractivity contribution in [2.75, 3.05) is 45.6 Å². The SMILES string of the molecule is COc1ccc2nccc(CCC[C@@H]3CCN(CCSC4CCCCCC4)C[C@@H]3C(=O)O)c2c1.O=C(O)C1CCCNC1. The smallest absolute Gasteiger partial charge is 0.308 e. The van der Waals surface area contributed by atoms with E-state index in [-0.39, 0.29) is 17.8 Å². The Hall–Kier alpha value is -2.36. The molecular formula is C34H51N3O5S. The Morgan fingerprint density at radius 1 is 1.05 bits per heavy atom. The first-order valence-corrected chi connectivity index (χ1v) is 17.4. The molecule has 0 radical (unpaired) electrons. The van der Waals surface area contributed by atoms with Crippen LogP contribution >= 0.6 is 11.8 Å². The van der Waals surface area contributed by atoms with Crippen LogP contribution in [0.3, 0.4) is 0 Å². The molecule has 2 saturated heterocycles. The largest absolute Gasteiger partial charge is 0.497 e. The maximum absolute atomic E-state index is 12.1. The first-order valence-electron chi connectivity index (χ1n) is 16.4. The highest BCUT2D eigenvalue weighted by Gasteiger charge is 2.33. The first-order chi connectivity index (χ1) is 20.9. The normalized spacial score (nSPS) is 23.6. The topological polar surface area (TPSA) is 112 Å². The van der Waals surface area contributed by atoms with Crippen LogP contribution in [0.15, 0.2) is 30.5 Å². The molecule has 0 bridgehead atoms. The van der Waals surface area contributed by atoms with Crippen LogP contribution in [0.2, 0.25) is 0 Å². The third-order valence-electron chi connectivity index (χ3n) is 9.43. The molecule has 238 valence electrons. The monoisotopic (exact) mass is 613 g/mol. The van der Waals surface area contributed by atoms with Gasteiger partial charge in [0.1, 0.15) is 5.75 Å². The molecule has 9 heteroatoms. The number of aromatic nitrogens is 1. The fourth-order valence-corrected chi connectivity index (χ4v) is 8.16. The number of nitrogens with one attached hydrogen (secondary N) is 1. The zero-order valence-electron chi connectivity index (χ0n) is 25.8. The lowest BCUT2D eigenvalue weighted by molar-refractivity contribution is -0.146. The fourth-order valence-electron chi connectivity index (χ4n) is 6.80. The quantitative estimate of drug-likeness (QED) is 0.258. The van der Waals surface area contributed by atoms with Crippen molar-refractivity contribution < 1.29 is 24.5 Å². The van der Waals surface area contributed by atoms with Crippen LogP contribution in [0.25, 0.3) is 10.9 Å². The summed E-state index contributed by atoms with van der Waals surface area (Å²) in [6.07, 6.45) is 15.9. The highest BCUT2D eigenvalue weighted by molar-refractivity contribution is 7.99. The molecule has 2 aromatic rings. The number of pyridine rings is 1. The maximum Gasteiger partial charge on any atom is 0.308 e. The summed E-state index contributed by atoms with van der Waals surface area (Å²) in [4.78, 5) is 29.3. The van der Waals surface area contributed by atoms with Crippen LogP contribution in [0.1, 0.15) is 76.2 Å². The molecule has 0 amide bonds. The summed E-state index contributed by atoms with van der Waals surface area (Å²) < 4.78 is 5.40. The Morgan fingerprint density at radius 2 is 1.86 bits per heavy atom. The first kappa shape index (κ1) is 33.5. The number of hydrogen-bond donors (Lipinski definition) is 3. The van der Waals surface area contributed by atoms with Crippen LogP contribution in [0, 0.1) is 17.8 Å². The number of ether oxygens (including phenoxy) is 1. The Bertz CT molecular complexity index is 1150. The second kappa shape index (κ2) is 17.8. The zero-order chi connectivity index (χ0) is 30.4. The Morgan fingerprint density at radius 3 is 2.53 bits per heavy atom. The molecule has 3 N–H and O–H groups in total. The van der Waals surface area contributed by atoms with Gasteiger partial charge < -0.3 is 25.2 Å². The average molecular weight is 614 g/mol. The number of carboxylic acids is 2. The predicted octanol–water partition coefficient (Wildman–Crippen LogP) is 6.12. The number of nitrogens with zero attached hydrogens (tertiary/aromatic N) is 2. The van der Waals surface area contributed by atoms with Crippen LogP contribution in [-0.2, 0) is 16.0 Å². The standard InChI is InChI=1S/C28H40N2O3S.C6H11NO2/c1-33-23-11-12-27-25(19-23)21(13-15-29-27)7-6-8-22-14-16-30(20-26(22)28(31)32)17-18-34-24-9-4-2-3-5-10-24;8-6(9)5-2-1-3-7-4-5/h11-13,15,19,22,24,26H,2-10,14,16-18,20H2,1H3,(H,31,32);5,7H,1-4H2,(H,8,9)/t22-,26+;/m1./s1. The molecule has 3 heterocycles. The van der Waals surface area contributed by atoms with Crippen LogP contribution < -0.4 is 10.1 Å². The van der Waals surface area contributed by atoms with Crippen molar-refractivity contribution in [1.82, 2.24) is 15.2 Å². The summed E-state index contributed by atoms with van der Waals surface area (Å²) in [6.45, 7) is 4.40. The van der Waals surface area contributed by atoms with Crippen molar-refractivity contribution in [1.29, 1.82) is 0 Å². The van der Waals surface area contributed by atoms with Gasteiger partial charge in [0.25, 0.3) is 0 Å². The van der Waals surface area contributed by atoms with Crippen LogP contribution in [0.5, 0.6) is 5.75 Å². The Balaban J connectivity index is 0.000000403. The van der Waals surface area contributed by atoms with Gasteiger partial charge in [-0.25, -0.2) is 0 Å². The second-order valence-corrected chi connectivity index (χ2v) is 13.8. The average Bonchev–Trinajstić information content (AvgIpc) is 3.31. The van der Waals surface area contributed by atoms with Gasteiger partial charge in [-0.3, -0.25) is 14.6 Å². The minimum atomic E-state index is -0.665. The molecular weight excluding hydrogens is 562 g/mol. The highest BCUT2D eigenvalue weighted by atomic mass is 32.2. The van der Waals surface area contributed by atoms with Crippen molar-refractivity contribution in [3.63, 3.8) is 0 Å². The van der Waals surface area contributed by atoms with E-state index < -0.39 is 11.9 Å². The lowest BCUT2D eigenvalue weighted by atomic mass is 9.81. The van der Waals surface area contributed by atoms with E-state index in [1.807, 2.05) is 18.3 Å². The lowest BCUT2D eigenvalue weighted by Crippen LogP contribution is -2.44. The van der Waals surface area contributed by atoms with E-state index in [9.17, 15) is 14.7 Å². The summed E-state index contributed by atoms with van der Waals surface area (Å²) in [7, 11) is 1.69. The number of aliphatic carboxylic acids is 2. The van der Waals surface area contributed by atoms with Crippen molar-refractivity contribution in [2.45, 2.75) is 82.3 Å². The third-order valence-corrected chi connectivity index (χ3v) is 10.8. The number of benzene rings is 1. The minimum Gasteiger partial charge on any atom is -0.497 e. The number of thioether (sulfide) groups is 1. The van der Waals surface area contributed by atoms with E-state index in [0.29, 0.717) is 13.1 Å². The van der Waals surface area contributed by atoms with Gasteiger partial charge in [0.15, 0.2) is 0 Å². The van der Waals surface area contributed by atoms with Gasteiger partial charge in [-0.1, -0.05) is 25.7 Å². The maximum atomic E-state index is 12.1. The lowest BCUT2D eigenvalue weighted by Gasteiger charge is -2.36. The number of fused-ring (bicyclic) bond motifs is 1. The van der Waals surface area contributed by atoms with Crippen molar-refractivity contribution in [3.05, 3.63) is 36.0 Å². The van der Waals surface area contributed by atoms with Gasteiger partial charge in [-0.15, -0.1) is 0 Å². The summed E-state index contributed by atoms with van der Waals surface area (Å²) in [5.41, 5.74) is 2.25. The molecule has 3 fully saturated rings. The Kier molecular flexibility index (Phi) is 13.9. The van der Waals surface area contributed by atoms with E-state index in [1.165, 1.54) is 44.1 Å². The van der Waals surface area contributed by atoms with Crippen molar-refractivity contribution in [2.24, 2.45) is 17.8 Å². The molecule has 5 rings (SSSR count). The number of piperidine rings is 2. The highest BCUT2D eigenvalue weighted by Crippen LogP contribution is 2.31. The molecule has 2 aliphatic heterocycles. The number of rotatable bonds is 11.